The van der Waals surface area contributed by atoms with Crippen molar-refractivity contribution in [3.8, 4) is 5.82 Å². The largest absolute Gasteiger partial charge is 0.367 e. The van der Waals surface area contributed by atoms with Crippen molar-refractivity contribution in [1.82, 2.24) is 24.7 Å². The van der Waals surface area contributed by atoms with E-state index in [1.54, 1.807) is 35.0 Å². The zero-order valence-corrected chi connectivity index (χ0v) is 15.4. The predicted molar refractivity (Wildman–Crippen MR) is 98.7 cm³/mol. The van der Waals surface area contributed by atoms with Crippen LogP contribution in [-0.2, 0) is 10.0 Å². The van der Waals surface area contributed by atoms with Crippen LogP contribution in [0.3, 0.4) is 0 Å². The normalized spacial score (nSPS) is 11.5. The maximum Gasteiger partial charge on any atom is 0.240 e. The molecule has 0 aliphatic rings. The van der Waals surface area contributed by atoms with Crippen molar-refractivity contribution in [2.75, 3.05) is 18.4 Å². The molecule has 3 aromatic rings. The zero-order valence-electron chi connectivity index (χ0n) is 14.5. The van der Waals surface area contributed by atoms with E-state index in [4.69, 9.17) is 0 Å². The van der Waals surface area contributed by atoms with Crippen molar-refractivity contribution in [3.05, 3.63) is 59.9 Å². The lowest BCUT2D eigenvalue weighted by molar-refractivity contribution is 0.582. The zero-order chi connectivity index (χ0) is 18.6. The molecule has 2 aromatic heterocycles. The van der Waals surface area contributed by atoms with E-state index in [0.717, 1.165) is 11.3 Å². The minimum Gasteiger partial charge on any atom is -0.367 e. The molecular formula is C17H20N6O2S. The Balaban J connectivity index is 1.52. The van der Waals surface area contributed by atoms with Crippen LogP contribution in [0.1, 0.15) is 11.3 Å². The van der Waals surface area contributed by atoms with Gasteiger partial charge in [-0.3, -0.25) is 0 Å². The fourth-order valence-corrected chi connectivity index (χ4v) is 3.46. The van der Waals surface area contributed by atoms with Gasteiger partial charge in [-0.15, -0.1) is 10.2 Å². The number of aryl methyl sites for hydroxylation is 2. The van der Waals surface area contributed by atoms with Crippen LogP contribution >= 0.6 is 0 Å². The third-order valence-electron chi connectivity index (χ3n) is 3.63. The number of anilines is 1. The SMILES string of the molecule is Cc1cccc(S(=O)(=O)NCCNc2ccc(-n3ccc(C)n3)nn2)c1. The van der Waals surface area contributed by atoms with Gasteiger partial charge in [-0.05, 0) is 49.7 Å². The van der Waals surface area contributed by atoms with Gasteiger partial charge in [-0.25, -0.2) is 17.8 Å². The molecule has 0 saturated carbocycles. The van der Waals surface area contributed by atoms with Crippen LogP contribution in [0.4, 0.5) is 5.82 Å². The van der Waals surface area contributed by atoms with Crippen LogP contribution in [0.5, 0.6) is 0 Å². The Morgan fingerprint density at radius 1 is 1.04 bits per heavy atom. The van der Waals surface area contributed by atoms with Crippen molar-refractivity contribution in [3.63, 3.8) is 0 Å². The summed E-state index contributed by atoms with van der Waals surface area (Å²) < 4.78 is 28.6. The summed E-state index contributed by atoms with van der Waals surface area (Å²) in [7, 11) is -3.52. The fraction of sp³-hybridized carbons (Fsp3) is 0.235. The first-order valence-corrected chi connectivity index (χ1v) is 9.59. The molecule has 2 N–H and O–H groups in total. The van der Waals surface area contributed by atoms with Crippen LogP contribution in [-0.4, -0.2) is 41.5 Å². The molecule has 0 aliphatic heterocycles. The highest BCUT2D eigenvalue weighted by molar-refractivity contribution is 7.89. The average Bonchev–Trinajstić information content (AvgIpc) is 3.06. The quantitative estimate of drug-likeness (QED) is 0.612. The molecule has 0 spiro atoms. The third kappa shape index (κ3) is 4.44. The number of rotatable bonds is 7. The molecule has 0 amide bonds. The van der Waals surface area contributed by atoms with Crippen molar-refractivity contribution in [2.24, 2.45) is 0 Å². The van der Waals surface area contributed by atoms with E-state index in [2.05, 4.69) is 25.3 Å². The van der Waals surface area contributed by atoms with Gasteiger partial charge >= 0.3 is 0 Å². The van der Waals surface area contributed by atoms with E-state index in [0.29, 0.717) is 18.2 Å². The molecule has 9 heteroatoms. The minimum atomic E-state index is -3.52. The van der Waals surface area contributed by atoms with Crippen molar-refractivity contribution in [1.29, 1.82) is 0 Å². The first-order valence-electron chi connectivity index (χ1n) is 8.11. The Bertz CT molecular complexity index is 982. The molecule has 136 valence electrons. The lowest BCUT2D eigenvalue weighted by atomic mass is 10.2. The Morgan fingerprint density at radius 2 is 1.88 bits per heavy atom. The Morgan fingerprint density at radius 3 is 2.54 bits per heavy atom. The fourth-order valence-electron chi connectivity index (χ4n) is 2.33. The van der Waals surface area contributed by atoms with Gasteiger partial charge in [-0.1, -0.05) is 12.1 Å². The molecule has 1 aromatic carbocycles. The molecule has 0 bridgehead atoms. The maximum absolute atomic E-state index is 12.2. The summed E-state index contributed by atoms with van der Waals surface area (Å²) in [6, 6.07) is 12.2. The summed E-state index contributed by atoms with van der Waals surface area (Å²) in [6.45, 7) is 4.38. The molecular weight excluding hydrogens is 352 g/mol. The van der Waals surface area contributed by atoms with E-state index in [9.17, 15) is 8.42 Å². The van der Waals surface area contributed by atoms with Gasteiger partial charge in [0.25, 0.3) is 0 Å². The third-order valence-corrected chi connectivity index (χ3v) is 5.09. The van der Waals surface area contributed by atoms with Gasteiger partial charge in [0, 0.05) is 19.3 Å². The lowest BCUT2D eigenvalue weighted by Crippen LogP contribution is -2.29. The Hall–Kier alpha value is -2.78. The highest BCUT2D eigenvalue weighted by Crippen LogP contribution is 2.10. The van der Waals surface area contributed by atoms with E-state index >= 15 is 0 Å². The molecule has 26 heavy (non-hydrogen) atoms. The second-order valence-corrected chi connectivity index (χ2v) is 7.59. The maximum atomic E-state index is 12.2. The second kappa shape index (κ2) is 7.63. The summed E-state index contributed by atoms with van der Waals surface area (Å²) in [6.07, 6.45) is 1.81. The van der Waals surface area contributed by atoms with Gasteiger partial charge in [-0.2, -0.15) is 5.10 Å². The summed E-state index contributed by atoms with van der Waals surface area (Å²) in [4.78, 5) is 0.260. The van der Waals surface area contributed by atoms with E-state index in [1.807, 2.05) is 32.2 Å². The standard InChI is InChI=1S/C17H20N6O2S/c1-13-4-3-5-15(12-13)26(24,25)19-10-9-18-16-6-7-17(21-20-16)23-11-8-14(2)22-23/h3-8,11-12,19H,9-10H2,1-2H3,(H,18,20). The smallest absolute Gasteiger partial charge is 0.240 e. The van der Waals surface area contributed by atoms with Gasteiger partial charge in [0.15, 0.2) is 5.82 Å². The Kier molecular flexibility index (Phi) is 5.29. The summed E-state index contributed by atoms with van der Waals surface area (Å²) in [5.41, 5.74) is 1.80. The first-order chi connectivity index (χ1) is 12.4. The number of hydrogen-bond donors (Lipinski definition) is 2. The number of nitrogens with one attached hydrogen (secondary N) is 2. The predicted octanol–water partition coefficient (Wildman–Crippen LogP) is 1.67. The second-order valence-electron chi connectivity index (χ2n) is 5.82. The summed E-state index contributed by atoms with van der Waals surface area (Å²) in [5, 5.41) is 15.5. The first kappa shape index (κ1) is 18.0. The highest BCUT2D eigenvalue weighted by atomic mass is 32.2. The van der Waals surface area contributed by atoms with Gasteiger partial charge in [0.2, 0.25) is 10.0 Å². The van der Waals surface area contributed by atoms with Crippen molar-refractivity contribution >= 4 is 15.8 Å². The van der Waals surface area contributed by atoms with Crippen LogP contribution in [0, 0.1) is 13.8 Å². The highest BCUT2D eigenvalue weighted by Gasteiger charge is 2.12. The van der Waals surface area contributed by atoms with Gasteiger partial charge in [0.1, 0.15) is 5.82 Å². The number of benzene rings is 1. The molecule has 2 heterocycles. The van der Waals surface area contributed by atoms with Crippen molar-refractivity contribution in [2.45, 2.75) is 18.7 Å². The number of aromatic nitrogens is 4. The molecule has 0 aliphatic carbocycles. The molecule has 3 rings (SSSR count). The van der Waals surface area contributed by atoms with Crippen molar-refractivity contribution < 1.29 is 8.42 Å². The molecule has 0 unspecified atom stereocenters. The summed E-state index contributed by atoms with van der Waals surface area (Å²) >= 11 is 0. The number of nitrogens with zero attached hydrogens (tertiary/aromatic N) is 4. The minimum absolute atomic E-state index is 0.234. The number of hydrogen-bond acceptors (Lipinski definition) is 6. The monoisotopic (exact) mass is 372 g/mol. The van der Waals surface area contributed by atoms with Crippen LogP contribution in [0.25, 0.3) is 5.82 Å². The number of sulfonamides is 1. The molecule has 0 radical (unpaired) electrons. The lowest BCUT2D eigenvalue weighted by Gasteiger charge is -2.09. The average molecular weight is 372 g/mol. The molecule has 0 atom stereocenters. The van der Waals surface area contributed by atoms with E-state index < -0.39 is 10.0 Å². The van der Waals surface area contributed by atoms with Gasteiger partial charge < -0.3 is 5.32 Å². The van der Waals surface area contributed by atoms with Crippen LogP contribution in [0.15, 0.2) is 53.6 Å². The van der Waals surface area contributed by atoms with Crippen LogP contribution < -0.4 is 10.0 Å². The molecule has 0 fully saturated rings. The summed E-state index contributed by atoms with van der Waals surface area (Å²) in [5.74, 6) is 1.18. The van der Waals surface area contributed by atoms with Crippen LogP contribution in [0.2, 0.25) is 0 Å². The van der Waals surface area contributed by atoms with Gasteiger partial charge in [0.05, 0.1) is 10.6 Å². The topological polar surface area (TPSA) is 102 Å². The molecule has 8 nitrogen and oxygen atoms in total. The van der Waals surface area contributed by atoms with E-state index in [-0.39, 0.29) is 11.4 Å². The Labute approximate surface area is 152 Å². The van der Waals surface area contributed by atoms with E-state index in [1.165, 1.54) is 0 Å². The molecule has 0 saturated heterocycles.